The molecule has 6 nitrogen and oxygen atoms in total. The number of benzene rings is 3. The summed E-state index contributed by atoms with van der Waals surface area (Å²) < 4.78 is 7.31. The van der Waals surface area contributed by atoms with Gasteiger partial charge >= 0.3 is 6.03 Å². The number of rotatable bonds is 5. The van der Waals surface area contributed by atoms with Crippen LogP contribution in [-0.4, -0.2) is 17.8 Å². The molecule has 0 atom stereocenters. The van der Waals surface area contributed by atoms with Gasteiger partial charge in [-0.15, -0.1) is 0 Å². The van der Waals surface area contributed by atoms with E-state index in [9.17, 15) is 14.4 Å². The van der Waals surface area contributed by atoms with Crippen molar-refractivity contribution in [2.75, 3.05) is 4.90 Å². The van der Waals surface area contributed by atoms with Crippen LogP contribution in [0.1, 0.15) is 11.1 Å². The normalized spacial score (nSPS) is 15.0. The molecule has 0 radical (unpaired) electrons. The van der Waals surface area contributed by atoms with E-state index in [1.54, 1.807) is 42.5 Å². The third kappa shape index (κ3) is 5.36. The van der Waals surface area contributed by atoms with Gasteiger partial charge in [-0.2, -0.15) is 0 Å². The second-order valence-electron chi connectivity index (χ2n) is 7.16. The zero-order chi connectivity index (χ0) is 24.4. The first-order valence-electron chi connectivity index (χ1n) is 9.76. The summed E-state index contributed by atoms with van der Waals surface area (Å²) in [7, 11) is 0. The second kappa shape index (κ2) is 10.3. The average molecular weight is 625 g/mol. The van der Waals surface area contributed by atoms with Gasteiger partial charge in [-0.3, -0.25) is 14.9 Å². The van der Waals surface area contributed by atoms with Crippen molar-refractivity contribution >= 4 is 84.7 Å². The summed E-state index contributed by atoms with van der Waals surface area (Å²) in [6.07, 6.45) is 1.38. The van der Waals surface area contributed by atoms with Crippen LogP contribution in [0.2, 0.25) is 10.0 Å². The topological polar surface area (TPSA) is 75.7 Å². The number of hydrogen-bond acceptors (Lipinski definition) is 4. The van der Waals surface area contributed by atoms with Crippen LogP contribution in [0.25, 0.3) is 6.08 Å². The maximum atomic E-state index is 13.2. The van der Waals surface area contributed by atoms with Gasteiger partial charge in [-0.05, 0) is 70.0 Å². The van der Waals surface area contributed by atoms with E-state index >= 15 is 0 Å². The zero-order valence-corrected chi connectivity index (χ0v) is 21.8. The number of halogens is 4. The van der Waals surface area contributed by atoms with Crippen molar-refractivity contribution in [1.29, 1.82) is 0 Å². The largest absolute Gasteiger partial charge is 0.487 e. The highest BCUT2D eigenvalue weighted by Gasteiger charge is 2.37. The SMILES string of the molecule is O=C1NC(=O)N(c2cccc(Cl)c2)C(=O)/C1=C/c1cc(Br)cc(Br)c1OCc1ccc(Cl)cc1. The molecule has 0 aromatic heterocycles. The molecule has 1 heterocycles. The fourth-order valence-electron chi connectivity index (χ4n) is 3.24. The maximum absolute atomic E-state index is 13.2. The van der Waals surface area contributed by atoms with Crippen LogP contribution >= 0.6 is 55.1 Å². The molecule has 0 spiro atoms. The Morgan fingerprint density at radius 3 is 2.38 bits per heavy atom. The van der Waals surface area contributed by atoms with Crippen LogP contribution in [0.4, 0.5) is 10.5 Å². The number of hydrogen-bond donors (Lipinski definition) is 1. The Labute approximate surface area is 221 Å². The Balaban J connectivity index is 1.71. The molecule has 3 aromatic rings. The van der Waals surface area contributed by atoms with Crippen molar-refractivity contribution in [2.24, 2.45) is 0 Å². The quantitative estimate of drug-likeness (QED) is 0.251. The molecule has 0 aliphatic carbocycles. The predicted octanol–water partition coefficient (Wildman–Crippen LogP) is 6.76. The monoisotopic (exact) mass is 622 g/mol. The van der Waals surface area contributed by atoms with Crippen LogP contribution in [0.3, 0.4) is 0 Å². The van der Waals surface area contributed by atoms with Crippen LogP contribution in [0.5, 0.6) is 5.75 Å². The van der Waals surface area contributed by atoms with Gasteiger partial charge in [-0.25, -0.2) is 9.69 Å². The molecule has 1 fully saturated rings. The summed E-state index contributed by atoms with van der Waals surface area (Å²) in [5.74, 6) is -1.18. The second-order valence-corrected chi connectivity index (χ2v) is 9.80. The molecule has 4 rings (SSSR count). The predicted molar refractivity (Wildman–Crippen MR) is 138 cm³/mol. The molecular weight excluding hydrogens is 611 g/mol. The Hall–Kier alpha value is -2.65. The number of nitrogens with one attached hydrogen (secondary N) is 1. The lowest BCUT2D eigenvalue weighted by Gasteiger charge is -2.26. The molecule has 3 aromatic carbocycles. The van der Waals surface area contributed by atoms with Crippen molar-refractivity contribution in [1.82, 2.24) is 5.32 Å². The molecule has 34 heavy (non-hydrogen) atoms. The lowest BCUT2D eigenvalue weighted by Crippen LogP contribution is -2.54. The standard InChI is InChI=1S/C24H14Br2Cl2N2O4/c25-15-8-14(21(20(26)10-15)34-12-13-4-6-16(27)7-5-13)9-19-22(31)29-24(33)30(23(19)32)18-3-1-2-17(28)11-18/h1-11H,12H2,(H,29,31,33)/b19-9+. The fraction of sp³-hybridized carbons (Fsp3) is 0.0417. The fourth-order valence-corrected chi connectivity index (χ4v) is 4.92. The minimum atomic E-state index is -0.857. The van der Waals surface area contributed by atoms with Gasteiger partial charge in [0.15, 0.2) is 0 Å². The first kappa shape index (κ1) is 24.5. The number of carbonyl (C=O) groups excluding carboxylic acids is 3. The Kier molecular flexibility index (Phi) is 7.42. The smallest absolute Gasteiger partial charge is 0.335 e. The van der Waals surface area contributed by atoms with Crippen LogP contribution in [0, 0.1) is 0 Å². The Morgan fingerprint density at radius 1 is 0.941 bits per heavy atom. The van der Waals surface area contributed by atoms with Crippen LogP contribution in [-0.2, 0) is 16.2 Å². The molecule has 0 unspecified atom stereocenters. The molecule has 4 amide bonds. The first-order valence-corrected chi connectivity index (χ1v) is 12.1. The van der Waals surface area contributed by atoms with Crippen molar-refractivity contribution in [3.8, 4) is 5.75 Å². The lowest BCUT2D eigenvalue weighted by molar-refractivity contribution is -0.122. The van der Waals surface area contributed by atoms with E-state index in [2.05, 4.69) is 37.2 Å². The zero-order valence-electron chi connectivity index (χ0n) is 17.2. The number of urea groups is 1. The third-order valence-corrected chi connectivity index (χ3v) is 6.34. The van der Waals surface area contributed by atoms with E-state index in [0.717, 1.165) is 10.5 Å². The van der Waals surface area contributed by atoms with Crippen molar-refractivity contribution < 1.29 is 19.1 Å². The molecule has 1 N–H and O–H groups in total. The van der Waals surface area contributed by atoms with E-state index in [-0.39, 0.29) is 17.9 Å². The summed E-state index contributed by atoms with van der Waals surface area (Å²) in [6, 6.07) is 16.0. The maximum Gasteiger partial charge on any atom is 0.335 e. The van der Waals surface area contributed by atoms with Crippen molar-refractivity contribution in [3.05, 3.63) is 96.4 Å². The summed E-state index contributed by atoms with van der Waals surface area (Å²) in [5, 5.41) is 3.15. The van der Waals surface area contributed by atoms with Gasteiger partial charge in [0, 0.05) is 20.1 Å². The minimum absolute atomic E-state index is 0.223. The van der Waals surface area contributed by atoms with Gasteiger partial charge in [0.2, 0.25) is 0 Å². The summed E-state index contributed by atoms with van der Waals surface area (Å²) in [4.78, 5) is 39.1. The average Bonchev–Trinajstić information content (AvgIpc) is 2.77. The van der Waals surface area contributed by atoms with Gasteiger partial charge < -0.3 is 4.74 Å². The van der Waals surface area contributed by atoms with Crippen molar-refractivity contribution in [2.45, 2.75) is 6.61 Å². The summed E-state index contributed by atoms with van der Waals surface area (Å²) in [5.41, 5.74) is 1.33. The summed E-state index contributed by atoms with van der Waals surface area (Å²) in [6.45, 7) is 0.223. The van der Waals surface area contributed by atoms with E-state index < -0.39 is 17.8 Å². The number of barbiturate groups is 1. The summed E-state index contributed by atoms with van der Waals surface area (Å²) >= 11 is 18.9. The highest BCUT2D eigenvalue weighted by atomic mass is 79.9. The number of ether oxygens (including phenoxy) is 1. The number of nitrogens with zero attached hydrogens (tertiary/aromatic N) is 1. The highest BCUT2D eigenvalue weighted by Crippen LogP contribution is 2.36. The van der Waals surface area contributed by atoms with Crippen molar-refractivity contribution in [3.63, 3.8) is 0 Å². The van der Waals surface area contributed by atoms with E-state index in [0.29, 0.717) is 30.3 Å². The minimum Gasteiger partial charge on any atom is -0.487 e. The molecule has 1 saturated heterocycles. The molecule has 0 bridgehead atoms. The van der Waals surface area contributed by atoms with E-state index in [1.807, 2.05) is 12.1 Å². The Morgan fingerprint density at radius 2 is 1.68 bits per heavy atom. The van der Waals surface area contributed by atoms with Gasteiger partial charge in [0.25, 0.3) is 11.8 Å². The van der Waals surface area contributed by atoms with Crippen LogP contribution in [0.15, 0.2) is 75.2 Å². The molecule has 1 aliphatic heterocycles. The first-order chi connectivity index (χ1) is 16.2. The van der Waals surface area contributed by atoms with E-state index in [4.69, 9.17) is 27.9 Å². The number of imide groups is 2. The molecule has 172 valence electrons. The molecular formula is C24H14Br2Cl2N2O4. The molecule has 1 aliphatic rings. The Bertz CT molecular complexity index is 1340. The van der Waals surface area contributed by atoms with Gasteiger partial charge in [0.1, 0.15) is 17.9 Å². The number of carbonyl (C=O) groups is 3. The van der Waals surface area contributed by atoms with E-state index in [1.165, 1.54) is 12.1 Å². The van der Waals surface area contributed by atoms with Crippen LogP contribution < -0.4 is 15.0 Å². The number of amides is 4. The number of anilines is 1. The van der Waals surface area contributed by atoms with Gasteiger partial charge in [-0.1, -0.05) is 57.3 Å². The molecule has 0 saturated carbocycles. The lowest BCUT2D eigenvalue weighted by atomic mass is 10.1. The van der Waals surface area contributed by atoms with Gasteiger partial charge in [0.05, 0.1) is 10.2 Å². The third-order valence-electron chi connectivity index (χ3n) is 4.80. The molecule has 10 heteroatoms. The highest BCUT2D eigenvalue weighted by molar-refractivity contribution is 9.11.